The van der Waals surface area contributed by atoms with Crippen molar-refractivity contribution in [3.05, 3.63) is 29.8 Å². The zero-order chi connectivity index (χ0) is 8.97. The molecule has 12 heavy (non-hydrogen) atoms. The molecule has 2 N–H and O–H groups in total. The topological polar surface area (TPSA) is 24.7 Å². The van der Waals surface area contributed by atoms with Crippen molar-refractivity contribution in [2.75, 3.05) is 20.6 Å². The highest BCUT2D eigenvalue weighted by molar-refractivity contribution is 5.25. The van der Waals surface area contributed by atoms with Crippen molar-refractivity contribution >= 4 is 0 Å². The number of phenolic OH excluding ortho intramolecular Hbond substituents is 1. The minimum Gasteiger partial charge on any atom is -0.508 e. The van der Waals surface area contributed by atoms with Crippen LogP contribution >= 0.6 is 0 Å². The number of likely N-dealkylation sites (N-methyl/N-ethyl adjacent to an activating group) is 1. The molecule has 0 bridgehead atoms. The second-order valence-corrected chi connectivity index (χ2v) is 3.37. The first-order valence-electron chi connectivity index (χ1n) is 4.25. The fourth-order valence-electron chi connectivity index (χ4n) is 1.06. The van der Waals surface area contributed by atoms with Crippen LogP contribution in [0, 0.1) is 0 Å². The lowest BCUT2D eigenvalue weighted by molar-refractivity contribution is -0.858. The first kappa shape index (κ1) is 9.07. The summed E-state index contributed by atoms with van der Waals surface area (Å²) in [6.07, 6.45) is 1.07. The minimum absolute atomic E-state index is 0.343. The number of hydrogen-bond acceptors (Lipinski definition) is 1. The zero-order valence-corrected chi connectivity index (χ0v) is 7.67. The summed E-state index contributed by atoms with van der Waals surface area (Å²) in [6, 6.07) is 7.41. The van der Waals surface area contributed by atoms with Crippen LogP contribution in [-0.2, 0) is 6.42 Å². The van der Waals surface area contributed by atoms with Crippen LogP contribution in [0.2, 0.25) is 0 Å². The summed E-state index contributed by atoms with van der Waals surface area (Å²) in [4.78, 5) is 1.45. The molecular formula is C10H16NO+. The van der Waals surface area contributed by atoms with Gasteiger partial charge in [0.25, 0.3) is 0 Å². The second kappa shape index (κ2) is 4.12. The Labute approximate surface area is 73.4 Å². The molecule has 0 unspecified atom stereocenters. The van der Waals surface area contributed by atoms with Crippen LogP contribution in [0.1, 0.15) is 5.56 Å². The summed E-state index contributed by atoms with van der Waals surface area (Å²) >= 11 is 0. The maximum absolute atomic E-state index is 9.03. The fraction of sp³-hybridized carbons (Fsp3) is 0.400. The Balaban J connectivity index is 2.48. The van der Waals surface area contributed by atoms with Crippen molar-refractivity contribution in [1.82, 2.24) is 0 Å². The molecule has 1 aromatic rings. The van der Waals surface area contributed by atoms with Gasteiger partial charge in [0.15, 0.2) is 0 Å². The molecule has 66 valence electrons. The third-order valence-corrected chi connectivity index (χ3v) is 1.85. The standard InChI is InChI=1S/C10H15NO/c1-11(2)8-7-9-3-5-10(12)6-4-9/h3-6,12H,7-8H2,1-2H3/p+1. The number of phenols is 1. The molecule has 1 rings (SSSR count). The van der Waals surface area contributed by atoms with E-state index in [4.69, 9.17) is 5.11 Å². The molecule has 0 radical (unpaired) electrons. The van der Waals surface area contributed by atoms with E-state index in [-0.39, 0.29) is 0 Å². The van der Waals surface area contributed by atoms with E-state index in [0.717, 1.165) is 13.0 Å². The molecule has 0 atom stereocenters. The van der Waals surface area contributed by atoms with Crippen LogP contribution in [0.4, 0.5) is 0 Å². The van der Waals surface area contributed by atoms with E-state index in [9.17, 15) is 0 Å². The Morgan fingerprint density at radius 2 is 1.75 bits per heavy atom. The second-order valence-electron chi connectivity index (χ2n) is 3.37. The molecule has 0 aliphatic rings. The highest BCUT2D eigenvalue weighted by Gasteiger charge is 1.96. The quantitative estimate of drug-likeness (QED) is 0.653. The zero-order valence-electron chi connectivity index (χ0n) is 7.67. The van der Waals surface area contributed by atoms with Gasteiger partial charge in [-0.1, -0.05) is 12.1 Å². The maximum Gasteiger partial charge on any atom is 0.115 e. The summed E-state index contributed by atoms with van der Waals surface area (Å²) in [5.74, 6) is 0.343. The van der Waals surface area contributed by atoms with Crippen LogP contribution < -0.4 is 4.90 Å². The highest BCUT2D eigenvalue weighted by Crippen LogP contribution is 2.09. The smallest absolute Gasteiger partial charge is 0.115 e. The van der Waals surface area contributed by atoms with Gasteiger partial charge in [0, 0.05) is 6.42 Å². The average Bonchev–Trinajstić information content (AvgIpc) is 2.03. The van der Waals surface area contributed by atoms with E-state index < -0.39 is 0 Å². The molecule has 2 nitrogen and oxygen atoms in total. The third kappa shape index (κ3) is 2.93. The van der Waals surface area contributed by atoms with Crippen molar-refractivity contribution in [3.8, 4) is 5.75 Å². The summed E-state index contributed by atoms with van der Waals surface area (Å²) < 4.78 is 0. The molecule has 0 aliphatic heterocycles. The van der Waals surface area contributed by atoms with Crippen LogP contribution in [0.25, 0.3) is 0 Å². The highest BCUT2D eigenvalue weighted by atomic mass is 16.3. The van der Waals surface area contributed by atoms with Gasteiger partial charge in [-0.3, -0.25) is 0 Å². The van der Waals surface area contributed by atoms with Gasteiger partial charge >= 0.3 is 0 Å². The van der Waals surface area contributed by atoms with E-state index in [1.54, 1.807) is 12.1 Å². The number of aromatic hydroxyl groups is 1. The normalized spacial score (nSPS) is 10.6. The van der Waals surface area contributed by atoms with E-state index in [2.05, 4.69) is 14.1 Å². The fourth-order valence-corrected chi connectivity index (χ4v) is 1.06. The predicted molar refractivity (Wildman–Crippen MR) is 49.5 cm³/mol. The lowest BCUT2D eigenvalue weighted by Crippen LogP contribution is -3.05. The van der Waals surface area contributed by atoms with Gasteiger partial charge in [-0.15, -0.1) is 0 Å². The monoisotopic (exact) mass is 166 g/mol. The Kier molecular flexibility index (Phi) is 3.11. The lowest BCUT2D eigenvalue weighted by atomic mass is 10.1. The Morgan fingerprint density at radius 3 is 2.25 bits per heavy atom. The summed E-state index contributed by atoms with van der Waals surface area (Å²) in [5.41, 5.74) is 1.29. The van der Waals surface area contributed by atoms with Gasteiger partial charge in [-0.05, 0) is 17.7 Å². The van der Waals surface area contributed by atoms with Crippen molar-refractivity contribution in [3.63, 3.8) is 0 Å². The van der Waals surface area contributed by atoms with Gasteiger partial charge in [-0.25, -0.2) is 0 Å². The molecule has 0 aromatic heterocycles. The van der Waals surface area contributed by atoms with Gasteiger partial charge in [0.05, 0.1) is 20.6 Å². The Morgan fingerprint density at radius 1 is 1.17 bits per heavy atom. The SMILES string of the molecule is C[NH+](C)CCc1ccc(O)cc1. The minimum atomic E-state index is 0.343. The van der Waals surface area contributed by atoms with Crippen molar-refractivity contribution in [2.45, 2.75) is 6.42 Å². The molecular weight excluding hydrogens is 150 g/mol. The van der Waals surface area contributed by atoms with E-state index in [1.165, 1.54) is 10.5 Å². The van der Waals surface area contributed by atoms with Gasteiger partial charge < -0.3 is 10.0 Å². The summed E-state index contributed by atoms with van der Waals surface area (Å²) in [6.45, 7) is 1.13. The molecule has 0 heterocycles. The number of rotatable bonds is 3. The van der Waals surface area contributed by atoms with Gasteiger partial charge in [0.2, 0.25) is 0 Å². The van der Waals surface area contributed by atoms with E-state index >= 15 is 0 Å². The lowest BCUT2D eigenvalue weighted by Gasteiger charge is -2.06. The van der Waals surface area contributed by atoms with Crippen molar-refractivity contribution in [1.29, 1.82) is 0 Å². The van der Waals surface area contributed by atoms with Gasteiger partial charge in [-0.2, -0.15) is 0 Å². The van der Waals surface area contributed by atoms with Crippen LogP contribution in [0.5, 0.6) is 5.75 Å². The molecule has 0 aliphatic carbocycles. The molecule has 1 aromatic carbocycles. The number of hydrogen-bond donors (Lipinski definition) is 2. The van der Waals surface area contributed by atoms with Crippen molar-refractivity contribution < 1.29 is 10.0 Å². The summed E-state index contributed by atoms with van der Waals surface area (Å²) in [7, 11) is 4.28. The summed E-state index contributed by atoms with van der Waals surface area (Å²) in [5, 5.41) is 9.03. The largest absolute Gasteiger partial charge is 0.508 e. The number of benzene rings is 1. The molecule has 0 amide bonds. The Hall–Kier alpha value is -1.02. The van der Waals surface area contributed by atoms with Gasteiger partial charge in [0.1, 0.15) is 5.75 Å². The van der Waals surface area contributed by atoms with Crippen molar-refractivity contribution in [2.24, 2.45) is 0 Å². The van der Waals surface area contributed by atoms with E-state index in [0.29, 0.717) is 5.75 Å². The first-order valence-corrected chi connectivity index (χ1v) is 4.25. The average molecular weight is 166 g/mol. The molecule has 0 fully saturated rings. The van der Waals surface area contributed by atoms with Crippen LogP contribution in [0.15, 0.2) is 24.3 Å². The predicted octanol–water partition coefficient (Wildman–Crippen LogP) is 0.0792. The number of quaternary nitrogens is 1. The third-order valence-electron chi connectivity index (χ3n) is 1.85. The van der Waals surface area contributed by atoms with E-state index in [1.807, 2.05) is 12.1 Å². The molecule has 0 saturated carbocycles. The number of nitrogens with one attached hydrogen (secondary N) is 1. The Bertz CT molecular complexity index is 228. The molecule has 0 saturated heterocycles. The first-order chi connectivity index (χ1) is 5.68. The molecule has 2 heteroatoms. The maximum atomic E-state index is 9.03. The van der Waals surface area contributed by atoms with Crippen LogP contribution in [-0.4, -0.2) is 25.7 Å². The van der Waals surface area contributed by atoms with Crippen LogP contribution in [0.3, 0.4) is 0 Å². The molecule has 0 spiro atoms.